The van der Waals surface area contributed by atoms with Crippen LogP contribution in [0.15, 0.2) is 18.2 Å². The van der Waals surface area contributed by atoms with Crippen molar-refractivity contribution in [2.45, 2.75) is 32.7 Å². The number of nitrogens with zero attached hydrogens (tertiary/aromatic N) is 4. The van der Waals surface area contributed by atoms with Crippen LogP contribution in [0.3, 0.4) is 0 Å². The van der Waals surface area contributed by atoms with Gasteiger partial charge >= 0.3 is 5.69 Å². The molecular formula is C16H19FN4O2. The molecule has 1 aromatic heterocycles. The first-order valence-electron chi connectivity index (χ1n) is 7.61. The van der Waals surface area contributed by atoms with E-state index in [0.29, 0.717) is 12.2 Å². The maximum absolute atomic E-state index is 14.0. The van der Waals surface area contributed by atoms with Gasteiger partial charge in [-0.2, -0.15) is 9.49 Å². The lowest BCUT2D eigenvalue weighted by molar-refractivity contribution is -0.386. The van der Waals surface area contributed by atoms with E-state index in [0.717, 1.165) is 35.9 Å². The largest absolute Gasteiger partial charge is 0.359 e. The average molecular weight is 318 g/mol. The van der Waals surface area contributed by atoms with E-state index in [-0.39, 0.29) is 6.04 Å². The Morgan fingerprint density at radius 3 is 2.74 bits per heavy atom. The molecule has 2 aromatic rings. The molecule has 3 rings (SSSR count). The summed E-state index contributed by atoms with van der Waals surface area (Å²) in [5.74, 6) is -0.794. The molecule has 0 bridgehead atoms. The maximum Gasteiger partial charge on any atom is 0.327 e. The number of benzene rings is 1. The number of anilines is 1. The zero-order valence-corrected chi connectivity index (χ0v) is 13.4. The Hall–Kier alpha value is -2.44. The van der Waals surface area contributed by atoms with Crippen molar-refractivity contribution in [3.8, 4) is 0 Å². The second kappa shape index (κ2) is 5.64. The summed E-state index contributed by atoms with van der Waals surface area (Å²) in [4.78, 5) is 12.6. The van der Waals surface area contributed by atoms with Gasteiger partial charge in [-0.3, -0.25) is 14.8 Å². The Labute approximate surface area is 133 Å². The normalized spacial score (nSPS) is 17.7. The smallest absolute Gasteiger partial charge is 0.327 e. The van der Waals surface area contributed by atoms with Gasteiger partial charge in [0.1, 0.15) is 5.69 Å². The standard InChI is InChI=1S/C16H19FN4O2/c1-10-15(11(2)19(3)18-10)13-8-5-9-20(13)14-7-4-6-12(17)16(14)21(22)23/h4,6-7,13H,5,8-9H2,1-3H3. The van der Waals surface area contributed by atoms with E-state index in [1.807, 2.05) is 30.5 Å². The second-order valence-electron chi connectivity index (χ2n) is 5.92. The average Bonchev–Trinajstić information content (AvgIpc) is 3.03. The van der Waals surface area contributed by atoms with E-state index in [4.69, 9.17) is 0 Å². The highest BCUT2D eigenvalue weighted by atomic mass is 19.1. The van der Waals surface area contributed by atoms with Gasteiger partial charge in [-0.15, -0.1) is 0 Å². The summed E-state index contributed by atoms with van der Waals surface area (Å²) in [6.45, 7) is 4.60. The number of nitro groups is 1. The summed E-state index contributed by atoms with van der Waals surface area (Å²) < 4.78 is 15.8. The molecule has 1 aromatic carbocycles. The predicted octanol–water partition coefficient (Wildman–Crippen LogP) is 3.43. The molecule has 0 aliphatic carbocycles. The van der Waals surface area contributed by atoms with E-state index < -0.39 is 16.4 Å². The fourth-order valence-electron chi connectivity index (χ4n) is 3.54. The molecule has 0 saturated carbocycles. The van der Waals surface area contributed by atoms with E-state index in [2.05, 4.69) is 5.10 Å². The lowest BCUT2D eigenvalue weighted by Crippen LogP contribution is -2.24. The van der Waals surface area contributed by atoms with Crippen LogP contribution in [-0.4, -0.2) is 21.2 Å². The highest BCUT2D eigenvalue weighted by molar-refractivity contribution is 5.65. The van der Waals surface area contributed by atoms with E-state index in [1.54, 1.807) is 6.07 Å². The molecule has 0 N–H and O–H groups in total. The van der Waals surface area contributed by atoms with Crippen molar-refractivity contribution in [2.24, 2.45) is 7.05 Å². The van der Waals surface area contributed by atoms with Crippen LogP contribution in [-0.2, 0) is 7.05 Å². The lowest BCUT2D eigenvalue weighted by Gasteiger charge is -2.27. The zero-order valence-electron chi connectivity index (χ0n) is 13.4. The Bertz CT molecular complexity index is 772. The van der Waals surface area contributed by atoms with Crippen molar-refractivity contribution >= 4 is 11.4 Å². The first kappa shape index (κ1) is 15.5. The fourth-order valence-corrected chi connectivity index (χ4v) is 3.54. The lowest BCUT2D eigenvalue weighted by atomic mass is 10.0. The molecule has 0 amide bonds. The number of para-hydroxylation sites is 1. The Morgan fingerprint density at radius 2 is 2.13 bits per heavy atom. The van der Waals surface area contributed by atoms with Gasteiger partial charge in [0.25, 0.3) is 0 Å². The Balaban J connectivity index is 2.10. The second-order valence-corrected chi connectivity index (χ2v) is 5.92. The summed E-state index contributed by atoms with van der Waals surface area (Å²) in [6, 6.07) is 4.27. The summed E-state index contributed by atoms with van der Waals surface area (Å²) in [5.41, 5.74) is 2.95. The molecule has 1 atom stereocenters. The number of nitro benzene ring substituents is 1. The summed E-state index contributed by atoms with van der Waals surface area (Å²) in [6.07, 6.45) is 1.78. The van der Waals surface area contributed by atoms with Gasteiger partial charge in [0, 0.05) is 24.8 Å². The molecule has 0 radical (unpaired) electrons. The van der Waals surface area contributed by atoms with Gasteiger partial charge < -0.3 is 4.90 Å². The number of rotatable bonds is 3. The van der Waals surface area contributed by atoms with E-state index in [1.165, 1.54) is 6.07 Å². The summed E-state index contributed by atoms with van der Waals surface area (Å²) in [5, 5.41) is 15.7. The molecule has 7 heteroatoms. The van der Waals surface area contributed by atoms with Gasteiger partial charge in [-0.25, -0.2) is 0 Å². The van der Waals surface area contributed by atoms with Gasteiger partial charge in [-0.05, 0) is 38.8 Å². The molecule has 122 valence electrons. The molecule has 6 nitrogen and oxygen atoms in total. The molecule has 1 aliphatic rings. The quantitative estimate of drug-likeness (QED) is 0.642. The van der Waals surface area contributed by atoms with E-state index in [9.17, 15) is 14.5 Å². The molecule has 23 heavy (non-hydrogen) atoms. The van der Waals surface area contributed by atoms with Crippen molar-refractivity contribution in [1.82, 2.24) is 9.78 Å². The van der Waals surface area contributed by atoms with Crippen LogP contribution in [0.5, 0.6) is 0 Å². The van der Waals surface area contributed by atoms with Crippen LogP contribution >= 0.6 is 0 Å². The Morgan fingerprint density at radius 1 is 1.39 bits per heavy atom. The summed E-state index contributed by atoms with van der Waals surface area (Å²) in [7, 11) is 1.88. The van der Waals surface area contributed by atoms with Crippen molar-refractivity contribution < 1.29 is 9.31 Å². The third-order valence-corrected chi connectivity index (χ3v) is 4.61. The van der Waals surface area contributed by atoms with Crippen molar-refractivity contribution in [2.75, 3.05) is 11.4 Å². The topological polar surface area (TPSA) is 64.2 Å². The molecule has 1 aliphatic heterocycles. The van der Waals surface area contributed by atoms with Crippen LogP contribution < -0.4 is 4.90 Å². The monoisotopic (exact) mass is 318 g/mol. The minimum atomic E-state index is -0.794. The number of halogens is 1. The third kappa shape index (κ3) is 2.46. The highest BCUT2D eigenvalue weighted by Gasteiger charge is 2.35. The minimum absolute atomic E-state index is 0.0100. The first-order chi connectivity index (χ1) is 10.9. The van der Waals surface area contributed by atoms with Crippen LogP contribution in [0, 0.1) is 29.8 Å². The third-order valence-electron chi connectivity index (χ3n) is 4.61. The van der Waals surface area contributed by atoms with Crippen molar-refractivity contribution in [3.63, 3.8) is 0 Å². The van der Waals surface area contributed by atoms with E-state index >= 15 is 0 Å². The molecule has 1 saturated heterocycles. The molecular weight excluding hydrogens is 299 g/mol. The SMILES string of the molecule is Cc1nn(C)c(C)c1C1CCCN1c1cccc(F)c1[N+](=O)[O-]. The van der Waals surface area contributed by atoms with Crippen LogP contribution in [0.2, 0.25) is 0 Å². The van der Waals surface area contributed by atoms with Gasteiger partial charge in [0.05, 0.1) is 16.7 Å². The van der Waals surface area contributed by atoms with Crippen LogP contribution in [0.4, 0.5) is 15.8 Å². The highest BCUT2D eigenvalue weighted by Crippen LogP contribution is 2.42. The van der Waals surface area contributed by atoms with Crippen LogP contribution in [0.1, 0.15) is 35.8 Å². The molecule has 2 heterocycles. The van der Waals surface area contributed by atoms with Gasteiger partial charge in [0.15, 0.2) is 0 Å². The zero-order chi connectivity index (χ0) is 16.7. The van der Waals surface area contributed by atoms with Gasteiger partial charge in [0.2, 0.25) is 5.82 Å². The van der Waals surface area contributed by atoms with Crippen molar-refractivity contribution in [1.29, 1.82) is 0 Å². The minimum Gasteiger partial charge on any atom is -0.359 e. The maximum atomic E-state index is 14.0. The number of aryl methyl sites for hydroxylation is 2. The first-order valence-corrected chi connectivity index (χ1v) is 7.61. The van der Waals surface area contributed by atoms with Crippen LogP contribution in [0.25, 0.3) is 0 Å². The molecule has 1 unspecified atom stereocenters. The van der Waals surface area contributed by atoms with Gasteiger partial charge in [-0.1, -0.05) is 6.07 Å². The number of hydrogen-bond acceptors (Lipinski definition) is 4. The molecule has 0 spiro atoms. The molecule has 1 fully saturated rings. The van der Waals surface area contributed by atoms with Crippen molar-refractivity contribution in [3.05, 3.63) is 51.1 Å². The fraction of sp³-hybridized carbons (Fsp3) is 0.438. The summed E-state index contributed by atoms with van der Waals surface area (Å²) >= 11 is 0. The predicted molar refractivity (Wildman–Crippen MR) is 85.1 cm³/mol. The Kier molecular flexibility index (Phi) is 3.79. The number of aromatic nitrogens is 2. The number of hydrogen-bond donors (Lipinski definition) is 0.